The maximum absolute atomic E-state index is 11.8. The van der Waals surface area contributed by atoms with Crippen molar-refractivity contribution < 1.29 is 0 Å². The van der Waals surface area contributed by atoms with Gasteiger partial charge in [0.1, 0.15) is 0 Å². The van der Waals surface area contributed by atoms with Crippen molar-refractivity contribution in [3.05, 3.63) is 80.6 Å². The van der Waals surface area contributed by atoms with Gasteiger partial charge in [-0.25, -0.2) is 14.5 Å². The predicted octanol–water partition coefficient (Wildman–Crippen LogP) is 4.45. The number of hydrogen-bond acceptors (Lipinski definition) is 4. The zero-order valence-electron chi connectivity index (χ0n) is 13.9. The van der Waals surface area contributed by atoms with Crippen LogP contribution in [0.5, 0.6) is 0 Å². The number of fused-ring (bicyclic) bond motifs is 1. The van der Waals surface area contributed by atoms with E-state index < -0.39 is 0 Å². The maximum Gasteiger partial charge on any atom is 0.266 e. The first-order valence-corrected chi connectivity index (χ1v) is 9.81. The highest BCUT2D eigenvalue weighted by Crippen LogP contribution is 2.26. The zero-order valence-corrected chi connectivity index (χ0v) is 16.3. The van der Waals surface area contributed by atoms with Gasteiger partial charge in [0.25, 0.3) is 5.56 Å². The second-order valence-corrected chi connectivity index (χ2v) is 7.73. The lowest BCUT2D eigenvalue weighted by atomic mass is 10.1. The van der Waals surface area contributed by atoms with E-state index >= 15 is 0 Å². The van der Waals surface area contributed by atoms with E-state index in [0.717, 1.165) is 21.4 Å². The third kappa shape index (κ3) is 3.45. The van der Waals surface area contributed by atoms with E-state index in [9.17, 15) is 4.79 Å². The molecule has 4 rings (SSSR count). The molecule has 2 aromatic carbocycles. The van der Waals surface area contributed by atoms with Crippen LogP contribution < -0.4 is 5.56 Å². The van der Waals surface area contributed by atoms with Crippen molar-refractivity contribution in [3.63, 3.8) is 0 Å². The molecule has 0 spiro atoms. The normalized spacial score (nSPS) is 11.2. The van der Waals surface area contributed by atoms with Gasteiger partial charge in [-0.15, -0.1) is 0 Å². The number of nitrogens with one attached hydrogen (secondary N) is 1. The number of halogens is 1. The fourth-order valence-electron chi connectivity index (χ4n) is 2.65. The van der Waals surface area contributed by atoms with E-state index in [-0.39, 0.29) is 5.56 Å². The van der Waals surface area contributed by atoms with Crippen LogP contribution >= 0.6 is 27.7 Å². The Hall–Kier alpha value is -2.38. The lowest BCUT2D eigenvalue weighted by Crippen LogP contribution is -2.05. The molecule has 0 aliphatic heterocycles. The highest BCUT2D eigenvalue weighted by Gasteiger charge is 2.13. The minimum atomic E-state index is -0.188. The Morgan fingerprint density at radius 3 is 2.65 bits per heavy atom. The van der Waals surface area contributed by atoms with E-state index in [2.05, 4.69) is 38.1 Å². The van der Waals surface area contributed by atoms with Crippen LogP contribution in [0.2, 0.25) is 0 Å². The average Bonchev–Trinajstić information content (AvgIpc) is 3.01. The molecule has 4 aromatic rings. The molecule has 0 fully saturated rings. The van der Waals surface area contributed by atoms with E-state index in [1.54, 1.807) is 16.3 Å². The summed E-state index contributed by atoms with van der Waals surface area (Å²) in [4.78, 5) is 21.1. The Kier molecular flexibility index (Phi) is 4.65. The summed E-state index contributed by atoms with van der Waals surface area (Å²) in [7, 11) is 0. The summed E-state index contributed by atoms with van der Waals surface area (Å²) in [6.45, 7) is 2.03. The van der Waals surface area contributed by atoms with Gasteiger partial charge < -0.3 is 0 Å². The summed E-state index contributed by atoms with van der Waals surface area (Å²) in [5, 5.41) is 3.48. The van der Waals surface area contributed by atoms with E-state index in [0.29, 0.717) is 16.6 Å². The lowest BCUT2D eigenvalue weighted by Gasteiger charge is -2.09. The quantitative estimate of drug-likeness (QED) is 0.489. The molecule has 5 nitrogen and oxygen atoms in total. The number of rotatable bonds is 4. The Morgan fingerprint density at radius 2 is 1.88 bits per heavy atom. The Bertz CT molecular complexity index is 1130. The number of thioether (sulfide) groups is 1. The van der Waals surface area contributed by atoms with Gasteiger partial charge in [-0.2, -0.15) is 0 Å². The molecule has 1 N–H and O–H groups in total. The van der Waals surface area contributed by atoms with Crippen LogP contribution in [0.3, 0.4) is 0 Å². The molecular formula is C19H15BrN4OS. The largest absolute Gasteiger partial charge is 0.268 e. The van der Waals surface area contributed by atoms with Gasteiger partial charge >= 0.3 is 0 Å². The van der Waals surface area contributed by atoms with Crippen LogP contribution in [0, 0.1) is 6.92 Å². The minimum Gasteiger partial charge on any atom is -0.268 e. The fourth-order valence-corrected chi connectivity index (χ4v) is 3.83. The summed E-state index contributed by atoms with van der Waals surface area (Å²) in [6, 6.07) is 17.6. The lowest BCUT2D eigenvalue weighted by molar-refractivity contribution is 0.766. The number of hydrogen-bond donors (Lipinski definition) is 1. The van der Waals surface area contributed by atoms with Gasteiger partial charge in [0.05, 0.1) is 0 Å². The summed E-state index contributed by atoms with van der Waals surface area (Å²) in [6.07, 6.45) is 0. The van der Waals surface area contributed by atoms with Crippen molar-refractivity contribution in [1.29, 1.82) is 0 Å². The minimum absolute atomic E-state index is 0.188. The molecule has 2 heterocycles. The molecule has 0 bridgehead atoms. The summed E-state index contributed by atoms with van der Waals surface area (Å²) < 4.78 is 2.69. The number of aromatic amines is 1. The fraction of sp³-hybridized carbons (Fsp3) is 0.105. The summed E-state index contributed by atoms with van der Waals surface area (Å²) in [5.74, 6) is 1.37. The predicted molar refractivity (Wildman–Crippen MR) is 107 cm³/mol. The van der Waals surface area contributed by atoms with Crippen LogP contribution in [-0.2, 0) is 5.75 Å². The van der Waals surface area contributed by atoms with Gasteiger partial charge in [0.2, 0.25) is 0 Å². The molecule has 7 heteroatoms. The third-order valence-electron chi connectivity index (χ3n) is 3.99. The van der Waals surface area contributed by atoms with Crippen molar-refractivity contribution in [1.82, 2.24) is 19.6 Å². The molecule has 2 aromatic heterocycles. The summed E-state index contributed by atoms with van der Waals surface area (Å²) in [5.41, 5.74) is 3.62. The Balaban J connectivity index is 1.76. The van der Waals surface area contributed by atoms with E-state index in [1.807, 2.05) is 43.3 Å². The molecule has 0 radical (unpaired) electrons. The van der Waals surface area contributed by atoms with Gasteiger partial charge in [0, 0.05) is 21.9 Å². The molecule has 0 unspecified atom stereocenters. The first kappa shape index (κ1) is 17.1. The second kappa shape index (κ2) is 7.09. The Morgan fingerprint density at radius 1 is 1.12 bits per heavy atom. The summed E-state index contributed by atoms with van der Waals surface area (Å²) >= 11 is 5.01. The van der Waals surface area contributed by atoms with Crippen molar-refractivity contribution in [2.75, 3.05) is 0 Å². The van der Waals surface area contributed by atoms with Gasteiger partial charge in [0.15, 0.2) is 16.6 Å². The van der Waals surface area contributed by atoms with Crippen molar-refractivity contribution in [3.8, 4) is 11.4 Å². The first-order valence-electron chi connectivity index (χ1n) is 8.03. The van der Waals surface area contributed by atoms with E-state index in [4.69, 9.17) is 4.98 Å². The maximum atomic E-state index is 11.8. The number of aromatic nitrogens is 4. The molecule has 26 heavy (non-hydrogen) atoms. The number of H-pyrrole nitrogens is 1. The van der Waals surface area contributed by atoms with Gasteiger partial charge in [-0.3, -0.25) is 9.89 Å². The topological polar surface area (TPSA) is 63.1 Å². The standard InChI is InChI=1S/C19H15BrN4OS/c1-12-4-2-3-5-15(12)18-21-16-10-17(25)23-24(16)19(22-18)26-11-13-6-8-14(20)9-7-13/h2-10H,11H2,1H3,(H,23,25). The molecular weight excluding hydrogens is 412 g/mol. The number of benzene rings is 2. The molecule has 0 aliphatic carbocycles. The smallest absolute Gasteiger partial charge is 0.266 e. The monoisotopic (exact) mass is 426 g/mol. The van der Waals surface area contributed by atoms with Crippen molar-refractivity contribution in [2.24, 2.45) is 0 Å². The molecule has 0 aliphatic rings. The highest BCUT2D eigenvalue weighted by molar-refractivity contribution is 9.10. The number of nitrogens with zero attached hydrogens (tertiary/aromatic N) is 3. The highest BCUT2D eigenvalue weighted by atomic mass is 79.9. The molecule has 0 amide bonds. The van der Waals surface area contributed by atoms with E-state index in [1.165, 1.54) is 11.6 Å². The molecule has 130 valence electrons. The van der Waals surface area contributed by atoms with Crippen LogP contribution in [0.1, 0.15) is 11.1 Å². The van der Waals surface area contributed by atoms with Crippen LogP contribution in [0.15, 0.2) is 69.0 Å². The van der Waals surface area contributed by atoms with Crippen molar-refractivity contribution in [2.45, 2.75) is 17.8 Å². The molecule has 0 saturated heterocycles. The van der Waals surface area contributed by atoms with Crippen LogP contribution in [0.4, 0.5) is 0 Å². The van der Waals surface area contributed by atoms with Gasteiger partial charge in [-0.05, 0) is 30.2 Å². The van der Waals surface area contributed by atoms with Crippen LogP contribution in [0.25, 0.3) is 17.0 Å². The molecule has 0 atom stereocenters. The average molecular weight is 427 g/mol. The Labute approximate surface area is 162 Å². The van der Waals surface area contributed by atoms with Crippen LogP contribution in [-0.4, -0.2) is 19.6 Å². The number of aryl methyl sites for hydroxylation is 1. The molecule has 0 saturated carbocycles. The zero-order chi connectivity index (χ0) is 18.1. The third-order valence-corrected chi connectivity index (χ3v) is 5.53. The SMILES string of the molecule is Cc1ccccc1-c1nc(SCc2ccc(Br)cc2)n2[nH]c(=O)cc2n1. The van der Waals surface area contributed by atoms with Gasteiger partial charge in [-0.1, -0.05) is 64.1 Å². The second-order valence-electron chi connectivity index (χ2n) is 5.87. The van der Waals surface area contributed by atoms with Crippen molar-refractivity contribution >= 4 is 33.3 Å². The first-order chi connectivity index (χ1) is 12.6.